The number of nitrogens with one attached hydrogen (secondary N) is 1. The average Bonchev–Trinajstić information content (AvgIpc) is 3.42. The summed E-state index contributed by atoms with van der Waals surface area (Å²) in [5.41, 5.74) is 1.29. The Labute approximate surface area is 196 Å². The zero-order valence-electron chi connectivity index (χ0n) is 20.3. The number of aliphatic hydroxyl groups is 2. The molecule has 0 aromatic heterocycles. The van der Waals surface area contributed by atoms with Crippen LogP contribution in [0.15, 0.2) is 11.1 Å². The van der Waals surface area contributed by atoms with Gasteiger partial charge in [0, 0.05) is 34.8 Å². The molecule has 6 heteroatoms. The highest BCUT2D eigenvalue weighted by Crippen LogP contribution is 2.69. The minimum Gasteiger partial charge on any atom is -0.393 e. The number of epoxide rings is 1. The van der Waals surface area contributed by atoms with Crippen LogP contribution in [0.2, 0.25) is 0 Å². The lowest BCUT2D eigenvalue weighted by Gasteiger charge is -2.53. The summed E-state index contributed by atoms with van der Waals surface area (Å²) < 4.78 is 13.2. The maximum Gasteiger partial charge on any atom is 0.163 e. The Kier molecular flexibility index (Phi) is 4.36. The summed E-state index contributed by atoms with van der Waals surface area (Å²) in [6.07, 6.45) is 3.23. The van der Waals surface area contributed by atoms with E-state index in [0.717, 1.165) is 37.0 Å². The summed E-state index contributed by atoms with van der Waals surface area (Å²) in [5.74, 6) is 1.40. The van der Waals surface area contributed by atoms with E-state index in [2.05, 4.69) is 33.0 Å². The van der Waals surface area contributed by atoms with Gasteiger partial charge in [-0.2, -0.15) is 0 Å². The van der Waals surface area contributed by atoms with Crippen LogP contribution >= 0.6 is 0 Å². The van der Waals surface area contributed by atoms with Crippen molar-refractivity contribution in [1.29, 1.82) is 0 Å². The van der Waals surface area contributed by atoms with Crippen LogP contribution in [0.4, 0.5) is 0 Å². The van der Waals surface area contributed by atoms with Crippen LogP contribution in [-0.2, 0) is 14.3 Å². The molecule has 0 aromatic carbocycles. The lowest BCUT2D eigenvalue weighted by atomic mass is 9.51. The van der Waals surface area contributed by atoms with Crippen LogP contribution < -0.4 is 5.32 Å². The molecule has 6 fully saturated rings. The number of ketones is 1. The number of carbonyl (C=O) groups excluding carboxylic acids is 1. The zero-order chi connectivity index (χ0) is 23.0. The third kappa shape index (κ3) is 2.50. The average molecular weight is 458 g/mol. The second kappa shape index (κ2) is 6.70. The molecule has 7 aliphatic rings. The van der Waals surface area contributed by atoms with Crippen molar-refractivity contribution in [3.8, 4) is 0 Å². The Bertz CT molecular complexity index is 933. The number of hydrogen-bond acceptors (Lipinski definition) is 6. The molecule has 0 aromatic rings. The van der Waals surface area contributed by atoms with Gasteiger partial charge in [-0.1, -0.05) is 20.8 Å². The molecule has 6 nitrogen and oxygen atoms in total. The minimum atomic E-state index is -0.668. The van der Waals surface area contributed by atoms with Crippen molar-refractivity contribution >= 4 is 5.78 Å². The number of ether oxygens (including phenoxy) is 2. The molecule has 3 saturated heterocycles. The van der Waals surface area contributed by atoms with E-state index in [4.69, 9.17) is 9.47 Å². The molecule has 3 N–H and O–H groups in total. The van der Waals surface area contributed by atoms with Crippen molar-refractivity contribution in [3.05, 3.63) is 11.1 Å². The number of Topliss-reactive ketones (excluding diaryl/α,β-unsaturated/α-hetero) is 1. The quantitative estimate of drug-likeness (QED) is 0.483. The van der Waals surface area contributed by atoms with Gasteiger partial charge >= 0.3 is 0 Å². The monoisotopic (exact) mass is 457 g/mol. The highest BCUT2D eigenvalue weighted by Gasteiger charge is 2.74. The minimum absolute atomic E-state index is 0.0525. The molecule has 0 radical (unpaired) electrons. The van der Waals surface area contributed by atoms with Crippen LogP contribution in [0.1, 0.15) is 59.8 Å². The first-order valence-electron chi connectivity index (χ1n) is 13.4. The van der Waals surface area contributed by atoms with E-state index in [1.807, 2.05) is 0 Å². The van der Waals surface area contributed by atoms with Gasteiger partial charge in [0.2, 0.25) is 0 Å². The normalized spacial score (nSPS) is 61.3. The molecule has 182 valence electrons. The molecule has 3 saturated carbocycles. The number of fused-ring (bicyclic) bond motifs is 9. The molecule has 0 amide bonds. The van der Waals surface area contributed by atoms with Crippen molar-refractivity contribution in [2.45, 2.75) is 102 Å². The van der Waals surface area contributed by atoms with Gasteiger partial charge in [-0.05, 0) is 68.9 Å². The van der Waals surface area contributed by atoms with Gasteiger partial charge in [0.05, 0.1) is 36.1 Å². The molecular weight excluding hydrogens is 418 g/mol. The number of aliphatic hydroxyl groups excluding tert-OH is 2. The van der Waals surface area contributed by atoms with Gasteiger partial charge in [-0.25, -0.2) is 0 Å². The standard InChI is InChI=1S/C27H39NO5/c1-11-7-17-22(28-10-11)13(3)27(33-17)6-5-15-19(12(27)2)23(31)21-20(15)25-24(32-25)16-8-14(29)9-18(30)26(16,21)4/h11,13-18,20-22,24-25,28-30H,5-10H2,1-4H3. The number of hydrogen-bond donors (Lipinski definition) is 3. The Morgan fingerprint density at radius 2 is 1.91 bits per heavy atom. The van der Waals surface area contributed by atoms with Crippen LogP contribution in [0.25, 0.3) is 0 Å². The molecule has 33 heavy (non-hydrogen) atoms. The fourth-order valence-corrected chi connectivity index (χ4v) is 9.85. The van der Waals surface area contributed by atoms with E-state index in [1.54, 1.807) is 0 Å². The molecule has 1 spiro atoms. The third-order valence-corrected chi connectivity index (χ3v) is 11.6. The van der Waals surface area contributed by atoms with Crippen molar-refractivity contribution in [2.24, 2.45) is 40.9 Å². The first-order valence-corrected chi connectivity index (χ1v) is 13.4. The summed E-state index contributed by atoms with van der Waals surface area (Å²) in [6.45, 7) is 9.91. The van der Waals surface area contributed by atoms with Gasteiger partial charge in [0.25, 0.3) is 0 Å². The maximum atomic E-state index is 14.3. The van der Waals surface area contributed by atoms with Gasteiger partial charge < -0.3 is 25.0 Å². The highest BCUT2D eigenvalue weighted by atomic mass is 16.6. The topological polar surface area (TPSA) is 91.3 Å². The number of allylic oxidation sites excluding steroid dienone is 1. The molecule has 14 atom stereocenters. The van der Waals surface area contributed by atoms with Crippen LogP contribution in [0, 0.1) is 40.9 Å². The zero-order valence-corrected chi connectivity index (χ0v) is 20.3. The van der Waals surface area contributed by atoms with Crippen molar-refractivity contribution in [3.63, 3.8) is 0 Å². The largest absolute Gasteiger partial charge is 0.393 e. The van der Waals surface area contributed by atoms with E-state index < -0.39 is 17.6 Å². The molecule has 14 unspecified atom stereocenters. The van der Waals surface area contributed by atoms with E-state index in [-0.39, 0.29) is 53.4 Å². The maximum absolute atomic E-state index is 14.3. The summed E-state index contributed by atoms with van der Waals surface area (Å²) in [5, 5.41) is 25.4. The smallest absolute Gasteiger partial charge is 0.163 e. The molecule has 0 bridgehead atoms. The van der Waals surface area contributed by atoms with Crippen LogP contribution in [-0.4, -0.2) is 64.7 Å². The van der Waals surface area contributed by atoms with Crippen LogP contribution in [0.3, 0.4) is 0 Å². The number of carbonyl (C=O) groups is 1. The summed E-state index contributed by atoms with van der Waals surface area (Å²) in [6, 6.07) is 0.354. The van der Waals surface area contributed by atoms with Gasteiger partial charge in [0.15, 0.2) is 5.78 Å². The Morgan fingerprint density at radius 3 is 2.70 bits per heavy atom. The van der Waals surface area contributed by atoms with Crippen molar-refractivity contribution in [2.75, 3.05) is 6.54 Å². The predicted molar refractivity (Wildman–Crippen MR) is 121 cm³/mol. The number of piperidine rings is 1. The van der Waals surface area contributed by atoms with Gasteiger partial charge in [0.1, 0.15) is 0 Å². The fourth-order valence-electron chi connectivity index (χ4n) is 9.85. The first kappa shape index (κ1) is 21.5. The van der Waals surface area contributed by atoms with E-state index in [1.165, 1.54) is 0 Å². The van der Waals surface area contributed by atoms with E-state index >= 15 is 0 Å². The summed E-state index contributed by atoms with van der Waals surface area (Å²) in [4.78, 5) is 14.3. The van der Waals surface area contributed by atoms with E-state index in [9.17, 15) is 15.0 Å². The second-order valence-corrected chi connectivity index (χ2v) is 12.9. The summed E-state index contributed by atoms with van der Waals surface area (Å²) >= 11 is 0. The van der Waals surface area contributed by atoms with Gasteiger partial charge in [-0.3, -0.25) is 4.79 Å². The van der Waals surface area contributed by atoms with Crippen molar-refractivity contribution < 1.29 is 24.5 Å². The summed E-state index contributed by atoms with van der Waals surface area (Å²) in [7, 11) is 0. The van der Waals surface area contributed by atoms with Crippen LogP contribution in [0.5, 0.6) is 0 Å². The fraction of sp³-hybridized carbons (Fsp3) is 0.889. The SMILES string of the molecule is CC1=C2C(=O)C3C(C2CCC12OC1CC(C)CNC1C2C)C1OC1C1CC(O)CC(O)C13C. The Balaban J connectivity index is 1.30. The third-order valence-electron chi connectivity index (χ3n) is 11.6. The molecule has 3 aliphatic heterocycles. The highest BCUT2D eigenvalue weighted by molar-refractivity contribution is 6.02. The lowest BCUT2D eigenvalue weighted by molar-refractivity contribution is -0.154. The lowest BCUT2D eigenvalue weighted by Crippen LogP contribution is -2.59. The molecule has 4 aliphatic carbocycles. The molecule has 7 rings (SSSR count). The Hall–Kier alpha value is -0.790. The number of rotatable bonds is 0. The van der Waals surface area contributed by atoms with Gasteiger partial charge in [-0.15, -0.1) is 0 Å². The predicted octanol–water partition coefficient (Wildman–Crippen LogP) is 2.22. The van der Waals surface area contributed by atoms with E-state index in [0.29, 0.717) is 30.7 Å². The first-order chi connectivity index (χ1) is 15.7. The Morgan fingerprint density at radius 1 is 1.12 bits per heavy atom. The second-order valence-electron chi connectivity index (χ2n) is 12.9. The van der Waals surface area contributed by atoms with Crippen molar-refractivity contribution in [1.82, 2.24) is 5.32 Å². The molecule has 3 heterocycles. The molecular formula is C27H39NO5.